The summed E-state index contributed by atoms with van der Waals surface area (Å²) in [7, 11) is 0. The highest BCUT2D eigenvalue weighted by molar-refractivity contribution is 5.95. The van der Waals surface area contributed by atoms with E-state index in [2.05, 4.69) is 24.0 Å². The van der Waals surface area contributed by atoms with Gasteiger partial charge in [0, 0.05) is 19.6 Å². The average molecular weight is 392 g/mol. The van der Waals surface area contributed by atoms with Gasteiger partial charge < -0.3 is 4.74 Å². The van der Waals surface area contributed by atoms with Crippen molar-refractivity contribution in [3.8, 4) is 0 Å². The van der Waals surface area contributed by atoms with E-state index < -0.39 is 6.09 Å². The summed E-state index contributed by atoms with van der Waals surface area (Å²) >= 11 is 0. The van der Waals surface area contributed by atoms with Crippen LogP contribution in [0.15, 0.2) is 60.7 Å². The lowest BCUT2D eigenvalue weighted by atomic mass is 9.92. The van der Waals surface area contributed by atoms with Gasteiger partial charge >= 0.3 is 6.09 Å². The summed E-state index contributed by atoms with van der Waals surface area (Å²) in [6.45, 7) is 4.80. The first-order chi connectivity index (χ1) is 14.2. The summed E-state index contributed by atoms with van der Waals surface area (Å²) in [5.74, 6) is 0.0282. The minimum Gasteiger partial charge on any atom is -0.447 e. The van der Waals surface area contributed by atoms with Crippen molar-refractivity contribution in [2.45, 2.75) is 32.4 Å². The normalized spacial score (nSPS) is 24.7. The molecule has 2 amide bonds. The van der Waals surface area contributed by atoms with E-state index in [-0.39, 0.29) is 30.4 Å². The zero-order chi connectivity index (χ0) is 20.2. The molecule has 0 spiro atoms. The maximum absolute atomic E-state index is 13.4. The first-order valence-corrected chi connectivity index (χ1v) is 10.5. The van der Waals surface area contributed by atoms with Gasteiger partial charge in [0.05, 0.1) is 12.0 Å². The third kappa shape index (κ3) is 4.35. The standard InChI is InChI=1S/C24H28N2O3/c1-2-20-15-25(14-19-11-7-4-8-12-19)16-22(20)23(27)26-21(17-29-24(26)28)13-18-9-5-3-6-10-18/h3-12,20-22H,2,13-17H2,1H3/t20-,21+,22+/m0/s1. The number of amides is 2. The SMILES string of the molecule is CC[C@H]1CN(Cc2ccccc2)C[C@H]1C(=O)N1C(=O)OC[C@H]1Cc1ccccc1. The quantitative estimate of drug-likeness (QED) is 0.752. The minimum absolute atomic E-state index is 0.0733. The van der Waals surface area contributed by atoms with E-state index in [1.54, 1.807) is 0 Å². The van der Waals surface area contributed by atoms with Gasteiger partial charge in [-0.3, -0.25) is 9.69 Å². The number of rotatable bonds is 6. The number of nitrogens with zero attached hydrogens (tertiary/aromatic N) is 2. The molecule has 0 bridgehead atoms. The van der Waals surface area contributed by atoms with Crippen LogP contribution in [0.4, 0.5) is 4.79 Å². The summed E-state index contributed by atoms with van der Waals surface area (Å²) < 4.78 is 5.27. The van der Waals surface area contributed by atoms with Crippen molar-refractivity contribution in [3.63, 3.8) is 0 Å². The molecule has 5 nitrogen and oxygen atoms in total. The number of benzene rings is 2. The highest BCUT2D eigenvalue weighted by Gasteiger charge is 2.45. The number of carbonyl (C=O) groups is 2. The second-order valence-electron chi connectivity index (χ2n) is 8.08. The largest absolute Gasteiger partial charge is 0.447 e. The lowest BCUT2D eigenvalue weighted by Gasteiger charge is -2.25. The third-order valence-electron chi connectivity index (χ3n) is 6.12. The van der Waals surface area contributed by atoms with Crippen LogP contribution in [0.25, 0.3) is 0 Å². The van der Waals surface area contributed by atoms with Gasteiger partial charge in [-0.1, -0.05) is 74.0 Å². The molecule has 0 N–H and O–H groups in total. The average Bonchev–Trinajstić information content (AvgIpc) is 3.32. The van der Waals surface area contributed by atoms with Crippen molar-refractivity contribution in [1.29, 1.82) is 0 Å². The van der Waals surface area contributed by atoms with Gasteiger partial charge in [-0.05, 0) is 23.5 Å². The molecular weight excluding hydrogens is 364 g/mol. The zero-order valence-corrected chi connectivity index (χ0v) is 16.9. The smallest absolute Gasteiger partial charge is 0.416 e. The molecule has 0 radical (unpaired) electrons. The molecule has 152 valence electrons. The Hall–Kier alpha value is -2.66. The van der Waals surface area contributed by atoms with E-state index in [9.17, 15) is 9.59 Å². The Bertz CT molecular complexity index is 840. The molecule has 2 aromatic carbocycles. The zero-order valence-electron chi connectivity index (χ0n) is 16.9. The van der Waals surface area contributed by atoms with Crippen molar-refractivity contribution in [3.05, 3.63) is 71.8 Å². The molecule has 2 aromatic rings. The van der Waals surface area contributed by atoms with Gasteiger partial charge in [0.1, 0.15) is 6.61 Å². The van der Waals surface area contributed by atoms with Crippen molar-refractivity contribution >= 4 is 12.0 Å². The number of hydrogen-bond acceptors (Lipinski definition) is 4. The van der Waals surface area contributed by atoms with Crippen LogP contribution in [-0.4, -0.2) is 47.5 Å². The van der Waals surface area contributed by atoms with Crippen LogP contribution in [0.2, 0.25) is 0 Å². The molecule has 4 rings (SSSR count). The lowest BCUT2D eigenvalue weighted by molar-refractivity contribution is -0.134. The minimum atomic E-state index is -0.493. The number of likely N-dealkylation sites (tertiary alicyclic amines) is 1. The van der Waals surface area contributed by atoms with Gasteiger partial charge in [0.25, 0.3) is 0 Å². The first kappa shape index (κ1) is 19.6. The summed E-state index contributed by atoms with van der Waals surface area (Å²) in [5, 5.41) is 0. The Labute approximate surface area is 172 Å². The molecule has 3 atom stereocenters. The predicted octanol–water partition coefficient (Wildman–Crippen LogP) is 3.73. The summed E-state index contributed by atoms with van der Waals surface area (Å²) in [6, 6.07) is 20.1. The summed E-state index contributed by atoms with van der Waals surface area (Å²) in [4.78, 5) is 29.6. The molecule has 2 aliphatic heterocycles. The number of cyclic esters (lactones) is 1. The van der Waals surface area contributed by atoms with E-state index in [0.29, 0.717) is 13.0 Å². The monoisotopic (exact) mass is 392 g/mol. The Morgan fingerprint density at radius 2 is 1.66 bits per heavy atom. The maximum Gasteiger partial charge on any atom is 0.416 e. The van der Waals surface area contributed by atoms with Crippen molar-refractivity contribution in [1.82, 2.24) is 9.80 Å². The van der Waals surface area contributed by atoms with Crippen LogP contribution in [0.5, 0.6) is 0 Å². The van der Waals surface area contributed by atoms with E-state index in [1.807, 2.05) is 48.5 Å². The van der Waals surface area contributed by atoms with Gasteiger partial charge in [0.15, 0.2) is 0 Å². The summed E-state index contributed by atoms with van der Waals surface area (Å²) in [5.41, 5.74) is 2.36. The van der Waals surface area contributed by atoms with Crippen LogP contribution in [-0.2, 0) is 22.5 Å². The van der Waals surface area contributed by atoms with Crippen LogP contribution in [0, 0.1) is 11.8 Å². The van der Waals surface area contributed by atoms with Crippen LogP contribution in [0.3, 0.4) is 0 Å². The fourth-order valence-electron chi connectivity index (χ4n) is 4.57. The molecule has 29 heavy (non-hydrogen) atoms. The van der Waals surface area contributed by atoms with Crippen molar-refractivity contribution < 1.29 is 14.3 Å². The second kappa shape index (κ2) is 8.78. The van der Waals surface area contributed by atoms with Crippen LogP contribution >= 0.6 is 0 Å². The molecule has 0 aromatic heterocycles. The van der Waals surface area contributed by atoms with Crippen LogP contribution in [0.1, 0.15) is 24.5 Å². The van der Waals surface area contributed by atoms with Gasteiger partial charge in [-0.25, -0.2) is 9.69 Å². The molecule has 5 heteroatoms. The number of imide groups is 1. The van der Waals surface area contributed by atoms with Crippen LogP contribution < -0.4 is 0 Å². The Morgan fingerprint density at radius 1 is 1.00 bits per heavy atom. The molecule has 2 fully saturated rings. The van der Waals surface area contributed by atoms with E-state index in [1.165, 1.54) is 10.5 Å². The van der Waals surface area contributed by atoms with Crippen molar-refractivity contribution in [2.75, 3.05) is 19.7 Å². The highest BCUT2D eigenvalue weighted by atomic mass is 16.6. The number of ether oxygens (including phenoxy) is 1. The predicted molar refractivity (Wildman–Crippen MR) is 111 cm³/mol. The molecule has 0 unspecified atom stereocenters. The first-order valence-electron chi connectivity index (χ1n) is 10.5. The third-order valence-corrected chi connectivity index (χ3v) is 6.12. The Kier molecular flexibility index (Phi) is 5.95. The van der Waals surface area contributed by atoms with E-state index in [4.69, 9.17) is 4.74 Å². The topological polar surface area (TPSA) is 49.9 Å². The molecule has 0 aliphatic carbocycles. The molecule has 2 aliphatic rings. The highest BCUT2D eigenvalue weighted by Crippen LogP contribution is 2.31. The van der Waals surface area contributed by atoms with E-state index >= 15 is 0 Å². The fraction of sp³-hybridized carbons (Fsp3) is 0.417. The molecular formula is C24H28N2O3. The number of carbonyl (C=O) groups excluding carboxylic acids is 2. The van der Waals surface area contributed by atoms with Gasteiger partial charge in [-0.15, -0.1) is 0 Å². The Morgan fingerprint density at radius 3 is 2.31 bits per heavy atom. The molecule has 0 saturated carbocycles. The summed E-state index contributed by atoms with van der Waals surface area (Å²) in [6.07, 6.45) is 1.07. The molecule has 2 saturated heterocycles. The second-order valence-corrected chi connectivity index (χ2v) is 8.08. The maximum atomic E-state index is 13.4. The van der Waals surface area contributed by atoms with Gasteiger partial charge in [0.2, 0.25) is 5.91 Å². The number of hydrogen-bond donors (Lipinski definition) is 0. The Balaban J connectivity index is 1.46. The van der Waals surface area contributed by atoms with Gasteiger partial charge in [-0.2, -0.15) is 0 Å². The lowest BCUT2D eigenvalue weighted by Crippen LogP contribution is -2.45. The van der Waals surface area contributed by atoms with Crippen molar-refractivity contribution in [2.24, 2.45) is 11.8 Å². The molecule has 2 heterocycles. The van der Waals surface area contributed by atoms with E-state index in [0.717, 1.165) is 25.1 Å². The fourth-order valence-corrected chi connectivity index (χ4v) is 4.57.